The van der Waals surface area contributed by atoms with Crippen molar-refractivity contribution in [1.29, 1.82) is 0 Å². The maximum atomic E-state index is 3.53. The average Bonchev–Trinajstić information content (AvgIpc) is 2.27. The Balaban J connectivity index is 2.18. The third-order valence-electron chi connectivity index (χ3n) is 3.67. The minimum Gasteiger partial charge on any atom is -0.314 e. The Kier molecular flexibility index (Phi) is 6.37. The maximum absolute atomic E-state index is 3.53. The molecule has 0 aliphatic heterocycles. The topological polar surface area (TPSA) is 15.3 Å². The van der Waals surface area contributed by atoms with Crippen LogP contribution in [0.15, 0.2) is 0 Å². The number of nitrogens with one attached hydrogen (secondary N) is 1. The minimum absolute atomic E-state index is 0.613. The Hall–Kier alpha value is -0.0800. The number of rotatable bonds is 6. The standard InChI is InChI=1S/C14H30N2/c1-12(2)15-10-13(3)11-16(4)14-8-6-5-7-9-14/h12-15H,5-11H2,1-4H3. The van der Waals surface area contributed by atoms with E-state index in [1.54, 1.807) is 0 Å². The smallest absolute Gasteiger partial charge is 0.00923 e. The van der Waals surface area contributed by atoms with Crippen LogP contribution in [0, 0.1) is 5.92 Å². The summed E-state index contributed by atoms with van der Waals surface area (Å²) in [7, 11) is 2.31. The zero-order chi connectivity index (χ0) is 12.0. The van der Waals surface area contributed by atoms with Gasteiger partial charge in [-0.1, -0.05) is 40.0 Å². The van der Waals surface area contributed by atoms with Crippen LogP contribution in [0.5, 0.6) is 0 Å². The molecule has 0 aromatic rings. The van der Waals surface area contributed by atoms with Gasteiger partial charge in [-0.2, -0.15) is 0 Å². The molecule has 0 spiro atoms. The van der Waals surface area contributed by atoms with Crippen molar-refractivity contribution in [2.45, 2.75) is 65.0 Å². The summed E-state index contributed by atoms with van der Waals surface area (Å²) < 4.78 is 0. The monoisotopic (exact) mass is 226 g/mol. The van der Waals surface area contributed by atoms with E-state index in [-0.39, 0.29) is 0 Å². The third kappa shape index (κ3) is 5.31. The second-order valence-corrected chi connectivity index (χ2v) is 5.90. The van der Waals surface area contributed by atoms with E-state index in [1.807, 2.05) is 0 Å². The van der Waals surface area contributed by atoms with Crippen molar-refractivity contribution >= 4 is 0 Å². The van der Waals surface area contributed by atoms with E-state index >= 15 is 0 Å². The fourth-order valence-electron chi connectivity index (χ4n) is 2.66. The van der Waals surface area contributed by atoms with Crippen LogP contribution in [0.25, 0.3) is 0 Å². The summed E-state index contributed by atoms with van der Waals surface area (Å²) in [6, 6.07) is 1.47. The summed E-state index contributed by atoms with van der Waals surface area (Å²) in [6.45, 7) is 9.18. The Bertz CT molecular complexity index is 174. The van der Waals surface area contributed by atoms with Crippen LogP contribution in [-0.2, 0) is 0 Å². The summed E-state index contributed by atoms with van der Waals surface area (Å²) in [5.74, 6) is 0.759. The average molecular weight is 226 g/mol. The quantitative estimate of drug-likeness (QED) is 0.749. The van der Waals surface area contributed by atoms with Gasteiger partial charge in [0, 0.05) is 18.6 Å². The summed E-state index contributed by atoms with van der Waals surface area (Å²) >= 11 is 0. The van der Waals surface area contributed by atoms with Crippen molar-refractivity contribution in [2.24, 2.45) is 5.92 Å². The van der Waals surface area contributed by atoms with Crippen molar-refractivity contribution in [3.63, 3.8) is 0 Å². The molecule has 96 valence electrons. The zero-order valence-corrected chi connectivity index (χ0v) is 11.6. The molecule has 1 aliphatic rings. The first-order valence-electron chi connectivity index (χ1n) is 7.03. The molecule has 16 heavy (non-hydrogen) atoms. The fourth-order valence-corrected chi connectivity index (χ4v) is 2.66. The van der Waals surface area contributed by atoms with Crippen LogP contribution in [0.2, 0.25) is 0 Å². The molecule has 0 radical (unpaired) electrons. The summed E-state index contributed by atoms with van der Waals surface area (Å²) in [5.41, 5.74) is 0. The van der Waals surface area contributed by atoms with Gasteiger partial charge in [0.05, 0.1) is 0 Å². The number of hydrogen-bond donors (Lipinski definition) is 1. The molecule has 0 saturated heterocycles. The first-order valence-corrected chi connectivity index (χ1v) is 7.03. The van der Waals surface area contributed by atoms with E-state index in [0.29, 0.717) is 6.04 Å². The first-order chi connectivity index (χ1) is 7.59. The van der Waals surface area contributed by atoms with Crippen LogP contribution >= 0.6 is 0 Å². The van der Waals surface area contributed by atoms with Gasteiger partial charge in [0.25, 0.3) is 0 Å². The molecule has 1 N–H and O–H groups in total. The van der Waals surface area contributed by atoms with Gasteiger partial charge in [-0.3, -0.25) is 0 Å². The molecular weight excluding hydrogens is 196 g/mol. The van der Waals surface area contributed by atoms with Gasteiger partial charge in [-0.05, 0) is 32.4 Å². The second-order valence-electron chi connectivity index (χ2n) is 5.90. The number of nitrogens with zero attached hydrogens (tertiary/aromatic N) is 1. The van der Waals surface area contributed by atoms with Crippen LogP contribution in [-0.4, -0.2) is 37.1 Å². The Labute approximate surface area is 102 Å². The Morgan fingerprint density at radius 3 is 2.31 bits per heavy atom. The van der Waals surface area contributed by atoms with E-state index in [0.717, 1.165) is 18.5 Å². The van der Waals surface area contributed by atoms with Gasteiger partial charge in [0.2, 0.25) is 0 Å². The Morgan fingerprint density at radius 1 is 1.12 bits per heavy atom. The molecular formula is C14H30N2. The lowest BCUT2D eigenvalue weighted by Gasteiger charge is -2.33. The highest BCUT2D eigenvalue weighted by atomic mass is 15.1. The van der Waals surface area contributed by atoms with E-state index in [1.165, 1.54) is 38.6 Å². The molecule has 1 aliphatic carbocycles. The third-order valence-corrected chi connectivity index (χ3v) is 3.67. The molecule has 0 heterocycles. The highest BCUT2D eigenvalue weighted by Crippen LogP contribution is 2.22. The van der Waals surface area contributed by atoms with Crippen molar-refractivity contribution in [3.05, 3.63) is 0 Å². The highest BCUT2D eigenvalue weighted by Gasteiger charge is 2.19. The normalized spacial score (nSPS) is 20.6. The molecule has 1 rings (SSSR count). The van der Waals surface area contributed by atoms with Crippen molar-refractivity contribution in [2.75, 3.05) is 20.1 Å². The van der Waals surface area contributed by atoms with Gasteiger partial charge >= 0.3 is 0 Å². The van der Waals surface area contributed by atoms with Gasteiger partial charge in [-0.15, -0.1) is 0 Å². The van der Waals surface area contributed by atoms with Gasteiger partial charge in [0.1, 0.15) is 0 Å². The molecule has 0 aromatic carbocycles. The van der Waals surface area contributed by atoms with Crippen LogP contribution in [0.1, 0.15) is 52.9 Å². The molecule has 1 fully saturated rings. The maximum Gasteiger partial charge on any atom is 0.00923 e. The molecule has 1 saturated carbocycles. The Morgan fingerprint density at radius 2 is 1.75 bits per heavy atom. The highest BCUT2D eigenvalue weighted by molar-refractivity contribution is 4.75. The van der Waals surface area contributed by atoms with Gasteiger partial charge < -0.3 is 10.2 Å². The van der Waals surface area contributed by atoms with E-state index in [2.05, 4.69) is 38.0 Å². The molecule has 2 heteroatoms. The van der Waals surface area contributed by atoms with Gasteiger partial charge in [-0.25, -0.2) is 0 Å². The lowest BCUT2D eigenvalue weighted by atomic mass is 9.94. The van der Waals surface area contributed by atoms with E-state index in [4.69, 9.17) is 0 Å². The summed E-state index contributed by atoms with van der Waals surface area (Å²) in [6.07, 6.45) is 7.16. The molecule has 1 unspecified atom stereocenters. The van der Waals surface area contributed by atoms with Crippen LogP contribution in [0.4, 0.5) is 0 Å². The van der Waals surface area contributed by atoms with Crippen molar-refractivity contribution in [3.8, 4) is 0 Å². The largest absolute Gasteiger partial charge is 0.314 e. The van der Waals surface area contributed by atoms with Crippen molar-refractivity contribution < 1.29 is 0 Å². The lowest BCUT2D eigenvalue weighted by Crippen LogP contribution is -2.39. The minimum atomic E-state index is 0.613. The number of hydrogen-bond acceptors (Lipinski definition) is 2. The molecule has 0 bridgehead atoms. The molecule has 2 nitrogen and oxygen atoms in total. The zero-order valence-electron chi connectivity index (χ0n) is 11.6. The SMILES string of the molecule is CC(CNC(C)C)CN(C)C1CCCCC1. The summed E-state index contributed by atoms with van der Waals surface area (Å²) in [4.78, 5) is 2.59. The second kappa shape index (κ2) is 7.29. The van der Waals surface area contributed by atoms with Gasteiger partial charge in [0.15, 0.2) is 0 Å². The van der Waals surface area contributed by atoms with Crippen LogP contribution in [0.3, 0.4) is 0 Å². The fraction of sp³-hybridized carbons (Fsp3) is 1.00. The van der Waals surface area contributed by atoms with E-state index < -0.39 is 0 Å². The summed E-state index contributed by atoms with van der Waals surface area (Å²) in [5, 5.41) is 3.53. The van der Waals surface area contributed by atoms with Crippen molar-refractivity contribution in [1.82, 2.24) is 10.2 Å². The molecule has 0 amide bonds. The lowest BCUT2D eigenvalue weighted by molar-refractivity contribution is 0.168. The molecule has 1 atom stereocenters. The molecule has 0 aromatic heterocycles. The predicted molar refractivity (Wildman–Crippen MR) is 71.8 cm³/mol. The van der Waals surface area contributed by atoms with E-state index in [9.17, 15) is 0 Å². The van der Waals surface area contributed by atoms with Crippen LogP contribution < -0.4 is 5.32 Å². The predicted octanol–water partition coefficient (Wildman–Crippen LogP) is 2.89. The first kappa shape index (κ1) is 14.0.